The lowest BCUT2D eigenvalue weighted by atomic mass is 10.1. The van der Waals surface area contributed by atoms with E-state index in [1.165, 1.54) is 14.0 Å². The SMILES string of the molecule is CONCc1cc(C(C)F)cc2c1OCCO2. The van der Waals surface area contributed by atoms with E-state index in [1.807, 2.05) is 0 Å². The molecule has 0 bridgehead atoms. The molecule has 0 amide bonds. The van der Waals surface area contributed by atoms with Gasteiger partial charge in [0, 0.05) is 12.1 Å². The molecule has 0 aliphatic carbocycles. The largest absolute Gasteiger partial charge is 0.486 e. The summed E-state index contributed by atoms with van der Waals surface area (Å²) >= 11 is 0. The third-order valence-corrected chi connectivity index (χ3v) is 2.61. The van der Waals surface area contributed by atoms with Gasteiger partial charge in [0.25, 0.3) is 0 Å². The fourth-order valence-corrected chi connectivity index (χ4v) is 1.76. The number of nitrogens with one attached hydrogen (secondary N) is 1. The molecule has 1 unspecified atom stereocenters. The second kappa shape index (κ2) is 5.33. The van der Waals surface area contributed by atoms with Gasteiger partial charge in [0.2, 0.25) is 0 Å². The number of hydroxylamine groups is 1. The summed E-state index contributed by atoms with van der Waals surface area (Å²) in [6.07, 6.45) is -1.04. The highest BCUT2D eigenvalue weighted by Crippen LogP contribution is 2.37. The summed E-state index contributed by atoms with van der Waals surface area (Å²) in [4.78, 5) is 4.80. The van der Waals surface area contributed by atoms with Crippen LogP contribution in [0.5, 0.6) is 11.5 Å². The van der Waals surface area contributed by atoms with Crippen molar-refractivity contribution >= 4 is 0 Å². The lowest BCUT2D eigenvalue weighted by Crippen LogP contribution is -2.19. The highest BCUT2D eigenvalue weighted by molar-refractivity contribution is 5.50. The average Bonchev–Trinajstić information content (AvgIpc) is 2.35. The van der Waals surface area contributed by atoms with E-state index in [9.17, 15) is 4.39 Å². The third kappa shape index (κ3) is 2.68. The van der Waals surface area contributed by atoms with Crippen LogP contribution in [0.1, 0.15) is 24.2 Å². The highest BCUT2D eigenvalue weighted by atomic mass is 19.1. The molecule has 0 fully saturated rings. The molecule has 1 aliphatic rings. The number of hydrogen-bond acceptors (Lipinski definition) is 4. The van der Waals surface area contributed by atoms with Crippen molar-refractivity contribution in [2.24, 2.45) is 0 Å². The van der Waals surface area contributed by atoms with Crippen molar-refractivity contribution in [2.45, 2.75) is 19.6 Å². The number of hydrogen-bond donors (Lipinski definition) is 1. The standard InChI is InChI=1S/C12H16FNO3/c1-8(13)9-5-10(7-14-15-2)12-11(6-9)16-3-4-17-12/h5-6,8,14H,3-4,7H2,1-2H3. The maximum atomic E-state index is 13.4. The first-order valence-electron chi connectivity index (χ1n) is 5.54. The van der Waals surface area contributed by atoms with Gasteiger partial charge in [0.05, 0.1) is 7.11 Å². The van der Waals surface area contributed by atoms with Gasteiger partial charge in [-0.15, -0.1) is 0 Å². The van der Waals surface area contributed by atoms with Crippen molar-refractivity contribution in [3.05, 3.63) is 23.3 Å². The zero-order valence-electron chi connectivity index (χ0n) is 9.96. The van der Waals surface area contributed by atoms with Crippen LogP contribution in [0, 0.1) is 0 Å². The molecule has 0 spiro atoms. The quantitative estimate of drug-likeness (QED) is 0.820. The van der Waals surface area contributed by atoms with Gasteiger partial charge in [0.15, 0.2) is 11.5 Å². The van der Waals surface area contributed by atoms with Gasteiger partial charge in [-0.05, 0) is 24.6 Å². The molecule has 1 N–H and O–H groups in total. The summed E-state index contributed by atoms with van der Waals surface area (Å²) in [5.41, 5.74) is 4.14. The topological polar surface area (TPSA) is 39.7 Å². The first-order valence-corrected chi connectivity index (χ1v) is 5.54. The maximum Gasteiger partial charge on any atom is 0.165 e. The predicted octanol–water partition coefficient (Wildman–Crippen LogP) is 2.14. The van der Waals surface area contributed by atoms with Gasteiger partial charge in [-0.2, -0.15) is 5.48 Å². The van der Waals surface area contributed by atoms with Crippen LogP contribution in [0.3, 0.4) is 0 Å². The first-order chi connectivity index (χ1) is 8.22. The second-order valence-corrected chi connectivity index (χ2v) is 3.85. The van der Waals surface area contributed by atoms with Crippen LogP contribution in [-0.4, -0.2) is 20.3 Å². The lowest BCUT2D eigenvalue weighted by Gasteiger charge is -2.22. The molecule has 1 atom stereocenters. The van der Waals surface area contributed by atoms with E-state index < -0.39 is 6.17 Å². The maximum absolute atomic E-state index is 13.4. The summed E-state index contributed by atoms with van der Waals surface area (Å²) in [6.45, 7) is 2.95. The van der Waals surface area contributed by atoms with Crippen LogP contribution in [0.15, 0.2) is 12.1 Å². The molecular formula is C12H16FNO3. The first kappa shape index (κ1) is 12.1. The van der Waals surface area contributed by atoms with Crippen molar-refractivity contribution in [3.63, 3.8) is 0 Å². The van der Waals surface area contributed by atoms with Crippen LogP contribution < -0.4 is 15.0 Å². The number of alkyl halides is 1. The molecule has 5 heteroatoms. The predicted molar refractivity (Wildman–Crippen MR) is 60.8 cm³/mol. The molecule has 0 saturated heterocycles. The van der Waals surface area contributed by atoms with Crippen LogP contribution in [-0.2, 0) is 11.4 Å². The number of ether oxygens (including phenoxy) is 2. The summed E-state index contributed by atoms with van der Waals surface area (Å²) in [5, 5.41) is 0. The molecular weight excluding hydrogens is 225 g/mol. The van der Waals surface area contributed by atoms with E-state index in [4.69, 9.17) is 14.3 Å². The summed E-state index contributed by atoms with van der Waals surface area (Å²) < 4.78 is 24.4. The molecule has 1 aromatic carbocycles. The summed E-state index contributed by atoms with van der Waals surface area (Å²) in [5.74, 6) is 1.27. The Morgan fingerprint density at radius 3 is 2.88 bits per heavy atom. The van der Waals surface area contributed by atoms with E-state index in [2.05, 4.69) is 5.48 Å². The molecule has 94 valence electrons. The lowest BCUT2D eigenvalue weighted by molar-refractivity contribution is 0.0848. The highest BCUT2D eigenvalue weighted by Gasteiger charge is 2.19. The Morgan fingerprint density at radius 2 is 2.18 bits per heavy atom. The van der Waals surface area contributed by atoms with Gasteiger partial charge in [-0.3, -0.25) is 0 Å². The zero-order chi connectivity index (χ0) is 12.3. The van der Waals surface area contributed by atoms with E-state index in [0.29, 0.717) is 36.8 Å². The van der Waals surface area contributed by atoms with Crippen molar-refractivity contribution < 1.29 is 18.7 Å². The van der Waals surface area contributed by atoms with E-state index >= 15 is 0 Å². The zero-order valence-corrected chi connectivity index (χ0v) is 9.96. The Balaban J connectivity index is 2.35. The van der Waals surface area contributed by atoms with Crippen LogP contribution in [0.4, 0.5) is 4.39 Å². The van der Waals surface area contributed by atoms with Crippen LogP contribution in [0.2, 0.25) is 0 Å². The van der Waals surface area contributed by atoms with Gasteiger partial charge in [0.1, 0.15) is 19.4 Å². The van der Waals surface area contributed by atoms with Crippen molar-refractivity contribution in [1.29, 1.82) is 0 Å². The van der Waals surface area contributed by atoms with Crippen molar-refractivity contribution in [1.82, 2.24) is 5.48 Å². The Morgan fingerprint density at radius 1 is 1.41 bits per heavy atom. The Kier molecular flexibility index (Phi) is 3.81. The minimum atomic E-state index is -1.04. The minimum absolute atomic E-state index is 0.447. The summed E-state index contributed by atoms with van der Waals surface area (Å²) in [6, 6.07) is 3.46. The fraction of sp³-hybridized carbons (Fsp3) is 0.500. The van der Waals surface area contributed by atoms with E-state index in [-0.39, 0.29) is 0 Å². The number of halogens is 1. The van der Waals surface area contributed by atoms with Crippen molar-refractivity contribution in [3.8, 4) is 11.5 Å². The Hall–Kier alpha value is -1.33. The molecule has 2 rings (SSSR count). The third-order valence-electron chi connectivity index (χ3n) is 2.61. The molecule has 1 heterocycles. The molecule has 1 aromatic rings. The van der Waals surface area contributed by atoms with Gasteiger partial charge >= 0.3 is 0 Å². The van der Waals surface area contributed by atoms with Gasteiger partial charge < -0.3 is 14.3 Å². The Labute approximate surface area is 99.6 Å². The van der Waals surface area contributed by atoms with E-state index in [1.54, 1.807) is 12.1 Å². The average molecular weight is 241 g/mol. The Bertz CT molecular complexity index is 396. The summed E-state index contributed by atoms with van der Waals surface area (Å²) in [7, 11) is 1.53. The van der Waals surface area contributed by atoms with Crippen LogP contribution >= 0.6 is 0 Å². The fourth-order valence-electron chi connectivity index (χ4n) is 1.76. The van der Waals surface area contributed by atoms with Crippen LogP contribution in [0.25, 0.3) is 0 Å². The van der Waals surface area contributed by atoms with Crippen molar-refractivity contribution in [2.75, 3.05) is 20.3 Å². The number of rotatable bonds is 4. The molecule has 0 aromatic heterocycles. The molecule has 1 aliphatic heterocycles. The second-order valence-electron chi connectivity index (χ2n) is 3.85. The van der Waals surface area contributed by atoms with Gasteiger partial charge in [-0.25, -0.2) is 4.39 Å². The molecule has 0 saturated carbocycles. The monoisotopic (exact) mass is 241 g/mol. The molecule has 4 nitrogen and oxygen atoms in total. The normalized spacial score (nSPS) is 15.7. The molecule has 17 heavy (non-hydrogen) atoms. The van der Waals surface area contributed by atoms with Gasteiger partial charge in [-0.1, -0.05) is 0 Å². The smallest absolute Gasteiger partial charge is 0.165 e. The molecule has 0 radical (unpaired) electrons. The van der Waals surface area contributed by atoms with E-state index in [0.717, 1.165) is 5.56 Å². The number of fused-ring (bicyclic) bond motifs is 1. The minimum Gasteiger partial charge on any atom is -0.486 e. The number of benzene rings is 1.